The lowest BCUT2D eigenvalue weighted by Crippen LogP contribution is -2.27. The van der Waals surface area contributed by atoms with Gasteiger partial charge in [-0.3, -0.25) is 4.90 Å². The maximum Gasteiger partial charge on any atom is 0.0456 e. The highest BCUT2D eigenvalue weighted by Crippen LogP contribution is 2.49. The van der Waals surface area contributed by atoms with Crippen molar-refractivity contribution in [2.45, 2.75) is 18.4 Å². The maximum absolute atomic E-state index is 3.51. The van der Waals surface area contributed by atoms with Crippen LogP contribution in [0.4, 0.5) is 0 Å². The molecule has 0 atom stereocenters. The third-order valence-electron chi connectivity index (χ3n) is 2.94. The van der Waals surface area contributed by atoms with Crippen molar-refractivity contribution in [2.75, 3.05) is 14.1 Å². The zero-order chi connectivity index (χ0) is 9.47. The molecule has 0 unspecified atom stereocenters. The first-order chi connectivity index (χ1) is 6.15. The molecule has 0 saturated heterocycles. The van der Waals surface area contributed by atoms with Crippen LogP contribution >= 0.6 is 15.9 Å². The van der Waals surface area contributed by atoms with E-state index in [0.29, 0.717) is 5.54 Å². The van der Waals surface area contributed by atoms with Gasteiger partial charge in [0.15, 0.2) is 0 Å². The number of benzene rings is 1. The number of halogens is 1. The molecule has 70 valence electrons. The van der Waals surface area contributed by atoms with Crippen molar-refractivity contribution < 1.29 is 0 Å². The van der Waals surface area contributed by atoms with E-state index >= 15 is 0 Å². The molecule has 1 aromatic carbocycles. The molecule has 13 heavy (non-hydrogen) atoms. The highest BCUT2D eigenvalue weighted by atomic mass is 79.9. The summed E-state index contributed by atoms with van der Waals surface area (Å²) in [6, 6.07) is 8.64. The molecule has 0 spiro atoms. The van der Waals surface area contributed by atoms with Crippen molar-refractivity contribution in [3.05, 3.63) is 34.3 Å². The second-order valence-corrected chi connectivity index (χ2v) is 4.85. The molecule has 2 heteroatoms. The quantitative estimate of drug-likeness (QED) is 0.768. The van der Waals surface area contributed by atoms with Gasteiger partial charge in [-0.25, -0.2) is 0 Å². The largest absolute Gasteiger partial charge is 0.300 e. The summed E-state index contributed by atoms with van der Waals surface area (Å²) in [5.41, 5.74) is 1.77. The van der Waals surface area contributed by atoms with Gasteiger partial charge in [-0.2, -0.15) is 0 Å². The van der Waals surface area contributed by atoms with Crippen LogP contribution in [-0.4, -0.2) is 19.0 Å². The van der Waals surface area contributed by atoms with Gasteiger partial charge in [0.1, 0.15) is 0 Å². The molecule has 1 nitrogen and oxygen atoms in total. The van der Waals surface area contributed by atoms with Gasteiger partial charge in [-0.1, -0.05) is 28.1 Å². The van der Waals surface area contributed by atoms with E-state index in [0.717, 1.165) is 0 Å². The fraction of sp³-hybridized carbons (Fsp3) is 0.455. The molecule has 1 saturated carbocycles. The summed E-state index contributed by atoms with van der Waals surface area (Å²) < 4.78 is 1.18. The summed E-state index contributed by atoms with van der Waals surface area (Å²) >= 11 is 3.51. The average Bonchev–Trinajstić information content (AvgIpc) is 2.83. The Morgan fingerprint density at radius 1 is 1.31 bits per heavy atom. The van der Waals surface area contributed by atoms with Gasteiger partial charge in [-0.05, 0) is 44.6 Å². The van der Waals surface area contributed by atoms with Gasteiger partial charge in [-0.15, -0.1) is 0 Å². The van der Waals surface area contributed by atoms with Gasteiger partial charge in [0.25, 0.3) is 0 Å². The molecule has 1 fully saturated rings. The summed E-state index contributed by atoms with van der Waals surface area (Å²) in [5, 5.41) is 0. The summed E-state index contributed by atoms with van der Waals surface area (Å²) in [6.07, 6.45) is 2.58. The Labute approximate surface area is 87.9 Å². The highest BCUT2D eigenvalue weighted by Gasteiger charge is 2.46. The molecule has 1 aliphatic carbocycles. The number of nitrogens with zero attached hydrogens (tertiary/aromatic N) is 1. The number of hydrogen-bond donors (Lipinski definition) is 0. The number of hydrogen-bond acceptors (Lipinski definition) is 1. The first-order valence-electron chi connectivity index (χ1n) is 4.59. The van der Waals surface area contributed by atoms with E-state index in [1.165, 1.54) is 22.9 Å². The molecule has 0 radical (unpaired) electrons. The summed E-state index contributed by atoms with van der Waals surface area (Å²) in [5.74, 6) is 0. The van der Waals surface area contributed by atoms with E-state index < -0.39 is 0 Å². The molecule has 0 aliphatic heterocycles. The predicted molar refractivity (Wildman–Crippen MR) is 58.7 cm³/mol. The lowest BCUT2D eigenvalue weighted by atomic mass is 10.0. The normalized spacial score (nSPS) is 19.1. The van der Waals surface area contributed by atoms with Crippen LogP contribution in [0.25, 0.3) is 0 Å². The molecule has 2 rings (SSSR count). The van der Waals surface area contributed by atoms with E-state index in [9.17, 15) is 0 Å². The highest BCUT2D eigenvalue weighted by molar-refractivity contribution is 9.10. The van der Waals surface area contributed by atoms with Crippen molar-refractivity contribution in [2.24, 2.45) is 0 Å². The van der Waals surface area contributed by atoms with E-state index in [1.807, 2.05) is 0 Å². The minimum absolute atomic E-state index is 0.337. The Balaban J connectivity index is 2.35. The summed E-state index contributed by atoms with van der Waals surface area (Å²) in [6.45, 7) is 0. The van der Waals surface area contributed by atoms with Crippen molar-refractivity contribution in [1.29, 1.82) is 0 Å². The first-order valence-corrected chi connectivity index (χ1v) is 5.38. The van der Waals surface area contributed by atoms with Gasteiger partial charge in [0.2, 0.25) is 0 Å². The molecular formula is C11H14BrN. The van der Waals surface area contributed by atoms with Gasteiger partial charge in [0, 0.05) is 10.0 Å². The maximum atomic E-state index is 3.51. The summed E-state index contributed by atoms with van der Waals surface area (Å²) in [4.78, 5) is 2.33. The smallest absolute Gasteiger partial charge is 0.0456 e. The topological polar surface area (TPSA) is 3.24 Å². The van der Waals surface area contributed by atoms with Crippen LogP contribution in [0.15, 0.2) is 28.7 Å². The summed E-state index contributed by atoms with van der Waals surface area (Å²) in [7, 11) is 4.32. The van der Waals surface area contributed by atoms with Gasteiger partial charge < -0.3 is 0 Å². The molecule has 0 heterocycles. The molecule has 0 bridgehead atoms. The first kappa shape index (κ1) is 9.22. The van der Waals surface area contributed by atoms with E-state index in [4.69, 9.17) is 0 Å². The third-order valence-corrected chi connectivity index (χ3v) is 3.43. The predicted octanol–water partition coefficient (Wildman–Crippen LogP) is 3.00. The standard InChI is InChI=1S/C11H14BrN/c1-13(2)11(6-7-11)9-4-3-5-10(12)8-9/h3-5,8H,6-7H2,1-2H3. The fourth-order valence-electron chi connectivity index (χ4n) is 1.89. The molecule has 1 aliphatic rings. The fourth-order valence-corrected chi connectivity index (χ4v) is 2.29. The van der Waals surface area contributed by atoms with E-state index in [-0.39, 0.29) is 0 Å². The molecule has 0 aromatic heterocycles. The van der Waals surface area contributed by atoms with Gasteiger partial charge >= 0.3 is 0 Å². The average molecular weight is 240 g/mol. The Hall–Kier alpha value is -0.340. The third kappa shape index (κ3) is 1.53. The van der Waals surface area contributed by atoms with E-state index in [1.54, 1.807) is 0 Å². The van der Waals surface area contributed by atoms with Gasteiger partial charge in [0.05, 0.1) is 0 Å². The van der Waals surface area contributed by atoms with Crippen molar-refractivity contribution in [3.8, 4) is 0 Å². The minimum atomic E-state index is 0.337. The number of rotatable bonds is 2. The zero-order valence-corrected chi connectivity index (χ0v) is 9.63. The van der Waals surface area contributed by atoms with Crippen molar-refractivity contribution >= 4 is 15.9 Å². The van der Waals surface area contributed by atoms with Crippen LogP contribution < -0.4 is 0 Å². The lowest BCUT2D eigenvalue weighted by Gasteiger charge is -2.24. The lowest BCUT2D eigenvalue weighted by molar-refractivity contribution is 0.275. The second kappa shape index (κ2) is 3.10. The van der Waals surface area contributed by atoms with E-state index in [2.05, 4.69) is 59.2 Å². The van der Waals surface area contributed by atoms with Crippen molar-refractivity contribution in [1.82, 2.24) is 4.90 Å². The van der Waals surface area contributed by atoms with Crippen LogP contribution in [0, 0.1) is 0 Å². The molecule has 0 N–H and O–H groups in total. The van der Waals surface area contributed by atoms with Crippen LogP contribution in [0.2, 0.25) is 0 Å². The van der Waals surface area contributed by atoms with Crippen LogP contribution in [0.3, 0.4) is 0 Å². The molecular weight excluding hydrogens is 226 g/mol. The van der Waals surface area contributed by atoms with Crippen LogP contribution in [-0.2, 0) is 5.54 Å². The van der Waals surface area contributed by atoms with Crippen LogP contribution in [0.5, 0.6) is 0 Å². The van der Waals surface area contributed by atoms with Crippen LogP contribution in [0.1, 0.15) is 18.4 Å². The zero-order valence-electron chi connectivity index (χ0n) is 8.05. The molecule has 0 amide bonds. The Kier molecular flexibility index (Phi) is 2.20. The monoisotopic (exact) mass is 239 g/mol. The Bertz CT molecular complexity index is 316. The SMILES string of the molecule is CN(C)C1(c2cccc(Br)c2)CC1. The Morgan fingerprint density at radius 3 is 2.46 bits per heavy atom. The Morgan fingerprint density at radius 2 is 2.00 bits per heavy atom. The second-order valence-electron chi connectivity index (χ2n) is 3.94. The molecule has 1 aromatic rings. The van der Waals surface area contributed by atoms with Crippen molar-refractivity contribution in [3.63, 3.8) is 0 Å². The minimum Gasteiger partial charge on any atom is -0.300 e.